The van der Waals surface area contributed by atoms with Crippen LogP contribution in [0.3, 0.4) is 0 Å². The van der Waals surface area contributed by atoms with Crippen LogP contribution in [0.2, 0.25) is 0 Å². The first kappa shape index (κ1) is 11.7. The van der Waals surface area contributed by atoms with Crippen LogP contribution in [-0.4, -0.2) is 23.1 Å². The van der Waals surface area contributed by atoms with E-state index in [4.69, 9.17) is 4.98 Å². The summed E-state index contributed by atoms with van der Waals surface area (Å²) in [5.74, 6) is 6.06. The van der Waals surface area contributed by atoms with Gasteiger partial charge in [0.25, 0.3) is 0 Å². The first-order valence-corrected chi connectivity index (χ1v) is 7.70. The second-order valence-electron chi connectivity index (χ2n) is 6.87. The molecule has 2 bridgehead atoms. The van der Waals surface area contributed by atoms with Crippen LogP contribution in [0, 0.1) is 44.4 Å². The molecule has 1 aliphatic heterocycles. The minimum Gasteiger partial charge on any atom is -0.356 e. The van der Waals surface area contributed by atoms with Crippen molar-refractivity contribution >= 4 is 5.82 Å². The standard InChI is InChI=1S/C16H23N3/c1-9-10(2)17-11(3)18-16(9)19-7-14-12-4-5-13(6-12)15(14)8-19/h12-15H,4-8H2,1-3H3. The van der Waals surface area contributed by atoms with Crippen LogP contribution in [0.5, 0.6) is 0 Å². The van der Waals surface area contributed by atoms with Crippen molar-refractivity contribution in [2.24, 2.45) is 23.7 Å². The van der Waals surface area contributed by atoms with Gasteiger partial charge in [0, 0.05) is 24.3 Å². The van der Waals surface area contributed by atoms with Gasteiger partial charge in [0.1, 0.15) is 11.6 Å². The van der Waals surface area contributed by atoms with Crippen LogP contribution >= 0.6 is 0 Å². The number of aryl methyl sites for hydroxylation is 2. The second-order valence-corrected chi connectivity index (χ2v) is 6.87. The van der Waals surface area contributed by atoms with Gasteiger partial charge in [0.2, 0.25) is 0 Å². The molecule has 3 nitrogen and oxygen atoms in total. The van der Waals surface area contributed by atoms with Crippen molar-refractivity contribution < 1.29 is 0 Å². The summed E-state index contributed by atoms with van der Waals surface area (Å²) in [6.07, 6.45) is 4.49. The molecule has 0 N–H and O–H groups in total. The molecule has 1 saturated heterocycles. The molecule has 4 rings (SSSR count). The molecule has 3 heteroatoms. The summed E-state index contributed by atoms with van der Waals surface area (Å²) in [6.45, 7) is 8.77. The van der Waals surface area contributed by atoms with Crippen LogP contribution < -0.4 is 4.90 Å². The summed E-state index contributed by atoms with van der Waals surface area (Å²) >= 11 is 0. The predicted molar refractivity (Wildman–Crippen MR) is 76.3 cm³/mol. The summed E-state index contributed by atoms with van der Waals surface area (Å²) in [5.41, 5.74) is 2.42. The largest absolute Gasteiger partial charge is 0.356 e. The average Bonchev–Trinajstić information content (AvgIpc) is 3.04. The quantitative estimate of drug-likeness (QED) is 0.774. The lowest BCUT2D eigenvalue weighted by Crippen LogP contribution is -2.25. The number of rotatable bonds is 1. The van der Waals surface area contributed by atoms with Gasteiger partial charge in [-0.05, 0) is 63.7 Å². The third-order valence-electron chi connectivity index (χ3n) is 5.91. The minimum atomic E-state index is 0.915. The van der Waals surface area contributed by atoms with Crippen LogP contribution in [-0.2, 0) is 0 Å². The van der Waals surface area contributed by atoms with E-state index in [-0.39, 0.29) is 0 Å². The number of fused-ring (bicyclic) bond motifs is 5. The van der Waals surface area contributed by atoms with E-state index in [1.807, 2.05) is 6.92 Å². The van der Waals surface area contributed by atoms with Gasteiger partial charge >= 0.3 is 0 Å². The topological polar surface area (TPSA) is 29.0 Å². The number of anilines is 1. The summed E-state index contributed by atoms with van der Waals surface area (Å²) in [4.78, 5) is 11.8. The molecule has 1 aromatic heterocycles. The van der Waals surface area contributed by atoms with Gasteiger partial charge in [0.15, 0.2) is 0 Å². The lowest BCUT2D eigenvalue weighted by atomic mass is 9.82. The molecule has 2 heterocycles. The Bertz CT molecular complexity index is 507. The molecular formula is C16H23N3. The summed E-state index contributed by atoms with van der Waals surface area (Å²) in [6, 6.07) is 0. The van der Waals surface area contributed by atoms with Gasteiger partial charge < -0.3 is 4.90 Å². The van der Waals surface area contributed by atoms with Crippen LogP contribution in [0.4, 0.5) is 5.82 Å². The fraction of sp³-hybridized carbons (Fsp3) is 0.750. The molecular weight excluding hydrogens is 234 g/mol. The van der Waals surface area contributed by atoms with Crippen LogP contribution in [0.1, 0.15) is 36.3 Å². The molecule has 3 fully saturated rings. The molecule has 102 valence electrons. The van der Waals surface area contributed by atoms with Gasteiger partial charge in [-0.25, -0.2) is 9.97 Å². The Hall–Kier alpha value is -1.12. The number of nitrogens with zero attached hydrogens (tertiary/aromatic N) is 3. The van der Waals surface area contributed by atoms with Crippen molar-refractivity contribution in [3.63, 3.8) is 0 Å². The second kappa shape index (κ2) is 3.94. The van der Waals surface area contributed by atoms with Crippen LogP contribution in [0.15, 0.2) is 0 Å². The Kier molecular flexibility index (Phi) is 2.42. The highest BCUT2D eigenvalue weighted by Crippen LogP contribution is 2.55. The van der Waals surface area contributed by atoms with Crippen LogP contribution in [0.25, 0.3) is 0 Å². The molecule has 0 radical (unpaired) electrons. The van der Waals surface area contributed by atoms with E-state index in [0.717, 1.165) is 35.2 Å². The maximum absolute atomic E-state index is 4.73. The molecule has 0 amide bonds. The Balaban J connectivity index is 1.65. The number of aromatic nitrogens is 2. The highest BCUT2D eigenvalue weighted by atomic mass is 15.2. The Morgan fingerprint density at radius 2 is 1.58 bits per heavy atom. The summed E-state index contributed by atoms with van der Waals surface area (Å²) < 4.78 is 0. The normalized spacial score (nSPS) is 36.1. The van der Waals surface area contributed by atoms with Crippen molar-refractivity contribution in [2.45, 2.75) is 40.0 Å². The van der Waals surface area contributed by atoms with Crippen molar-refractivity contribution in [2.75, 3.05) is 18.0 Å². The fourth-order valence-electron chi connectivity index (χ4n) is 4.91. The maximum atomic E-state index is 4.73. The molecule has 0 spiro atoms. The SMILES string of the molecule is Cc1nc(C)c(C)c(N2CC3C4CCC(C4)C3C2)n1. The smallest absolute Gasteiger partial charge is 0.135 e. The highest BCUT2D eigenvalue weighted by molar-refractivity contribution is 5.49. The van der Waals surface area contributed by atoms with E-state index in [1.165, 1.54) is 43.7 Å². The summed E-state index contributed by atoms with van der Waals surface area (Å²) in [5, 5.41) is 0. The van der Waals surface area contributed by atoms with Gasteiger partial charge in [-0.1, -0.05) is 0 Å². The maximum Gasteiger partial charge on any atom is 0.135 e. The van der Waals surface area contributed by atoms with E-state index in [2.05, 4.69) is 23.7 Å². The third-order valence-corrected chi connectivity index (χ3v) is 5.91. The predicted octanol–water partition coefficient (Wildman–Crippen LogP) is 2.88. The lowest BCUT2D eigenvalue weighted by molar-refractivity contribution is 0.281. The van der Waals surface area contributed by atoms with E-state index >= 15 is 0 Å². The minimum absolute atomic E-state index is 0.915. The highest BCUT2D eigenvalue weighted by Gasteiger charge is 2.51. The van der Waals surface area contributed by atoms with E-state index < -0.39 is 0 Å². The first-order valence-electron chi connectivity index (χ1n) is 7.70. The molecule has 1 aromatic rings. The zero-order valence-electron chi connectivity index (χ0n) is 12.2. The molecule has 0 aromatic carbocycles. The molecule has 19 heavy (non-hydrogen) atoms. The van der Waals surface area contributed by atoms with Gasteiger partial charge in [-0.3, -0.25) is 0 Å². The van der Waals surface area contributed by atoms with Crippen molar-refractivity contribution in [3.05, 3.63) is 17.1 Å². The van der Waals surface area contributed by atoms with Crippen molar-refractivity contribution in [1.29, 1.82) is 0 Å². The fourth-order valence-corrected chi connectivity index (χ4v) is 4.91. The first-order chi connectivity index (χ1) is 9.13. The molecule has 2 saturated carbocycles. The third kappa shape index (κ3) is 1.63. The summed E-state index contributed by atoms with van der Waals surface area (Å²) in [7, 11) is 0. The van der Waals surface area contributed by atoms with Crippen molar-refractivity contribution in [3.8, 4) is 0 Å². The Labute approximate surface area is 115 Å². The van der Waals surface area contributed by atoms with E-state index in [1.54, 1.807) is 0 Å². The Morgan fingerprint density at radius 3 is 2.21 bits per heavy atom. The molecule has 4 unspecified atom stereocenters. The monoisotopic (exact) mass is 257 g/mol. The lowest BCUT2D eigenvalue weighted by Gasteiger charge is -2.22. The van der Waals surface area contributed by atoms with E-state index in [0.29, 0.717) is 0 Å². The van der Waals surface area contributed by atoms with Gasteiger partial charge in [0.05, 0.1) is 0 Å². The zero-order valence-corrected chi connectivity index (χ0v) is 12.2. The van der Waals surface area contributed by atoms with Gasteiger partial charge in [-0.15, -0.1) is 0 Å². The molecule has 4 atom stereocenters. The van der Waals surface area contributed by atoms with Crippen molar-refractivity contribution in [1.82, 2.24) is 9.97 Å². The average molecular weight is 257 g/mol. The Morgan fingerprint density at radius 1 is 0.947 bits per heavy atom. The number of hydrogen-bond donors (Lipinski definition) is 0. The number of hydrogen-bond acceptors (Lipinski definition) is 3. The molecule has 2 aliphatic carbocycles. The van der Waals surface area contributed by atoms with Gasteiger partial charge in [-0.2, -0.15) is 0 Å². The molecule has 3 aliphatic rings. The zero-order chi connectivity index (χ0) is 13.1. The van der Waals surface area contributed by atoms with E-state index in [9.17, 15) is 0 Å².